The van der Waals surface area contributed by atoms with E-state index in [1.165, 1.54) is 20.1 Å². The minimum atomic E-state index is -0.707. The minimum Gasteiger partial charge on any atom is -0.467 e. The van der Waals surface area contributed by atoms with Crippen molar-refractivity contribution in [1.29, 1.82) is 0 Å². The standard InChI is InChI=1S/C31H36N4O5/c1-22(36)40-24-11-8-23(9-12-24)10-13-30(37)35-21-29-26(20-28(35)31(38)39-2)25-6-3-4-7-27(25)34(29)17-5-16-33-18-14-32-15-19-33/h3-4,6-13,28,32H,5,14-21H2,1-2H3/b13-10-/t28-/m0/s1. The van der Waals surface area contributed by atoms with Crippen molar-refractivity contribution in [1.82, 2.24) is 19.7 Å². The molecule has 1 amide bonds. The highest BCUT2D eigenvalue weighted by Crippen LogP contribution is 2.34. The van der Waals surface area contributed by atoms with Crippen LogP contribution in [-0.4, -0.2) is 78.1 Å². The van der Waals surface area contributed by atoms with Crippen LogP contribution in [0.3, 0.4) is 0 Å². The third kappa shape index (κ3) is 6.11. The Balaban J connectivity index is 1.39. The van der Waals surface area contributed by atoms with Gasteiger partial charge in [-0.05, 0) is 48.4 Å². The summed E-state index contributed by atoms with van der Waals surface area (Å²) in [6, 6.07) is 14.5. The van der Waals surface area contributed by atoms with Crippen molar-refractivity contribution in [3.63, 3.8) is 0 Å². The molecule has 0 saturated carbocycles. The number of para-hydroxylation sites is 1. The van der Waals surface area contributed by atoms with Crippen LogP contribution in [0.25, 0.3) is 17.0 Å². The fourth-order valence-corrected chi connectivity index (χ4v) is 5.71. The molecule has 2 aliphatic rings. The van der Waals surface area contributed by atoms with Crippen LogP contribution in [0, 0.1) is 0 Å². The predicted molar refractivity (Wildman–Crippen MR) is 153 cm³/mol. The number of piperazine rings is 1. The van der Waals surface area contributed by atoms with Crippen molar-refractivity contribution in [3.05, 3.63) is 71.4 Å². The monoisotopic (exact) mass is 544 g/mol. The molecule has 40 heavy (non-hydrogen) atoms. The molecule has 0 unspecified atom stereocenters. The van der Waals surface area contributed by atoms with E-state index < -0.39 is 18.0 Å². The Morgan fingerprint density at radius 3 is 2.50 bits per heavy atom. The van der Waals surface area contributed by atoms with Crippen LogP contribution in [0.4, 0.5) is 0 Å². The second kappa shape index (κ2) is 12.5. The van der Waals surface area contributed by atoms with Gasteiger partial charge in [0.1, 0.15) is 11.8 Å². The molecule has 5 rings (SSSR count). The number of carbonyl (C=O) groups is 3. The van der Waals surface area contributed by atoms with Gasteiger partial charge in [0.25, 0.3) is 0 Å². The fraction of sp³-hybridized carbons (Fsp3) is 0.387. The first-order chi connectivity index (χ1) is 19.4. The molecule has 1 N–H and O–H groups in total. The van der Waals surface area contributed by atoms with E-state index in [0.717, 1.165) is 73.4 Å². The molecule has 0 aliphatic carbocycles. The molecule has 0 radical (unpaired) electrons. The first-order valence-corrected chi connectivity index (χ1v) is 13.8. The third-order valence-corrected chi connectivity index (χ3v) is 7.67. The van der Waals surface area contributed by atoms with Crippen LogP contribution >= 0.6 is 0 Å². The molecular weight excluding hydrogens is 508 g/mol. The minimum absolute atomic E-state index is 0.261. The highest BCUT2D eigenvalue weighted by Gasteiger charge is 2.37. The number of aryl methyl sites for hydroxylation is 1. The first-order valence-electron chi connectivity index (χ1n) is 13.8. The van der Waals surface area contributed by atoms with E-state index >= 15 is 0 Å². The van der Waals surface area contributed by atoms with Crippen LogP contribution in [0.15, 0.2) is 54.6 Å². The molecule has 9 heteroatoms. The van der Waals surface area contributed by atoms with Gasteiger partial charge in [-0.2, -0.15) is 0 Å². The summed E-state index contributed by atoms with van der Waals surface area (Å²) in [6.45, 7) is 7.71. The molecule has 2 aromatic carbocycles. The highest BCUT2D eigenvalue weighted by atomic mass is 16.5. The van der Waals surface area contributed by atoms with Gasteiger partial charge in [-0.25, -0.2) is 4.79 Å². The molecule has 1 fully saturated rings. The molecule has 210 valence electrons. The Hall–Kier alpha value is -3.95. The topological polar surface area (TPSA) is 93.1 Å². The lowest BCUT2D eigenvalue weighted by molar-refractivity contribution is -0.152. The first kappa shape index (κ1) is 27.6. The van der Waals surface area contributed by atoms with Crippen molar-refractivity contribution < 1.29 is 23.9 Å². The van der Waals surface area contributed by atoms with Crippen LogP contribution in [0.5, 0.6) is 5.75 Å². The quantitative estimate of drug-likeness (QED) is 0.265. The lowest BCUT2D eigenvalue weighted by Gasteiger charge is -2.34. The average molecular weight is 545 g/mol. The van der Waals surface area contributed by atoms with Crippen molar-refractivity contribution in [2.75, 3.05) is 39.8 Å². The maximum absolute atomic E-state index is 13.5. The zero-order chi connectivity index (χ0) is 28.1. The maximum atomic E-state index is 13.5. The van der Waals surface area contributed by atoms with Crippen molar-refractivity contribution >= 4 is 34.8 Å². The second-order valence-electron chi connectivity index (χ2n) is 10.2. The molecule has 1 aromatic heterocycles. The van der Waals surface area contributed by atoms with Crippen LogP contribution in [0.2, 0.25) is 0 Å². The molecule has 1 atom stereocenters. The summed E-state index contributed by atoms with van der Waals surface area (Å²) >= 11 is 0. The van der Waals surface area contributed by atoms with E-state index in [1.54, 1.807) is 35.2 Å². The summed E-state index contributed by atoms with van der Waals surface area (Å²) < 4.78 is 12.5. The van der Waals surface area contributed by atoms with E-state index in [1.807, 2.05) is 12.1 Å². The lowest BCUT2D eigenvalue weighted by atomic mass is 9.96. The largest absolute Gasteiger partial charge is 0.467 e. The summed E-state index contributed by atoms with van der Waals surface area (Å²) in [4.78, 5) is 41.7. The number of esters is 2. The number of amides is 1. The predicted octanol–water partition coefficient (Wildman–Crippen LogP) is 3.00. The third-order valence-electron chi connectivity index (χ3n) is 7.67. The number of benzene rings is 2. The number of fused-ring (bicyclic) bond motifs is 3. The Bertz CT molecular complexity index is 1410. The van der Waals surface area contributed by atoms with Crippen LogP contribution < -0.4 is 10.1 Å². The lowest BCUT2D eigenvalue weighted by Crippen LogP contribution is -2.49. The van der Waals surface area contributed by atoms with Gasteiger partial charge in [-0.15, -0.1) is 0 Å². The molecule has 3 aromatic rings. The summed E-state index contributed by atoms with van der Waals surface area (Å²) in [5.41, 5.74) is 4.10. The van der Waals surface area contributed by atoms with Gasteiger partial charge in [0.2, 0.25) is 5.91 Å². The summed E-state index contributed by atoms with van der Waals surface area (Å²) in [6.07, 6.45) is 4.60. The Morgan fingerprint density at radius 2 is 1.77 bits per heavy atom. The number of nitrogens with zero attached hydrogens (tertiary/aromatic N) is 3. The smallest absolute Gasteiger partial charge is 0.328 e. The number of nitrogens with one attached hydrogen (secondary N) is 1. The van der Waals surface area contributed by atoms with Gasteiger partial charge >= 0.3 is 11.9 Å². The molecule has 3 heterocycles. The van der Waals surface area contributed by atoms with E-state index in [4.69, 9.17) is 9.47 Å². The van der Waals surface area contributed by atoms with E-state index in [2.05, 4.69) is 26.9 Å². The van der Waals surface area contributed by atoms with Crippen molar-refractivity contribution in [2.24, 2.45) is 0 Å². The molecule has 0 bridgehead atoms. The van der Waals surface area contributed by atoms with Gasteiger partial charge < -0.3 is 29.2 Å². The summed E-state index contributed by atoms with van der Waals surface area (Å²) in [7, 11) is 1.36. The number of ether oxygens (including phenoxy) is 2. The van der Waals surface area contributed by atoms with Gasteiger partial charge in [-0.3, -0.25) is 9.59 Å². The average Bonchev–Trinajstić information content (AvgIpc) is 3.28. The van der Waals surface area contributed by atoms with Gasteiger partial charge in [0.05, 0.1) is 13.7 Å². The second-order valence-corrected chi connectivity index (χ2v) is 10.2. The van der Waals surface area contributed by atoms with E-state index in [9.17, 15) is 14.4 Å². The number of hydrogen-bond donors (Lipinski definition) is 1. The summed E-state index contributed by atoms with van der Waals surface area (Å²) in [5, 5.41) is 4.53. The number of carbonyl (C=O) groups excluding carboxylic acids is 3. The molecule has 9 nitrogen and oxygen atoms in total. The zero-order valence-corrected chi connectivity index (χ0v) is 23.1. The molecular formula is C31H36N4O5. The van der Waals surface area contributed by atoms with Gasteiger partial charge in [0, 0.05) is 68.7 Å². The number of methoxy groups -OCH3 is 1. The number of aromatic nitrogens is 1. The Kier molecular flexibility index (Phi) is 8.62. The van der Waals surface area contributed by atoms with E-state index in [-0.39, 0.29) is 5.91 Å². The van der Waals surface area contributed by atoms with Crippen molar-refractivity contribution in [3.8, 4) is 5.75 Å². The fourth-order valence-electron chi connectivity index (χ4n) is 5.71. The maximum Gasteiger partial charge on any atom is 0.328 e. The molecule has 0 spiro atoms. The van der Waals surface area contributed by atoms with Crippen LogP contribution in [0.1, 0.15) is 30.2 Å². The molecule has 1 saturated heterocycles. The Morgan fingerprint density at radius 1 is 1.02 bits per heavy atom. The van der Waals surface area contributed by atoms with Gasteiger partial charge in [-0.1, -0.05) is 30.3 Å². The number of rotatable bonds is 8. The zero-order valence-electron chi connectivity index (χ0n) is 23.1. The van der Waals surface area contributed by atoms with E-state index in [0.29, 0.717) is 18.7 Å². The SMILES string of the molecule is COC(=O)[C@@H]1Cc2c(n(CCCN3CCNCC3)c3ccccc23)CN1C(=O)/C=C\c1ccc(OC(C)=O)cc1. The number of hydrogen-bond acceptors (Lipinski definition) is 7. The van der Waals surface area contributed by atoms with Gasteiger partial charge in [0.15, 0.2) is 0 Å². The normalized spacial score (nSPS) is 17.6. The Labute approximate surface area is 234 Å². The summed E-state index contributed by atoms with van der Waals surface area (Å²) in [5.74, 6) is -0.635. The highest BCUT2D eigenvalue weighted by molar-refractivity contribution is 5.96. The van der Waals surface area contributed by atoms with Crippen molar-refractivity contribution in [2.45, 2.75) is 38.9 Å². The van der Waals surface area contributed by atoms with Crippen LogP contribution in [-0.2, 0) is 38.6 Å². The molecule has 2 aliphatic heterocycles.